The third-order valence-electron chi connectivity index (χ3n) is 3.76. The van der Waals surface area contributed by atoms with Crippen molar-refractivity contribution < 1.29 is 9.53 Å². The smallest absolute Gasteiger partial charge is 0.255 e. The van der Waals surface area contributed by atoms with Gasteiger partial charge in [0.15, 0.2) is 0 Å². The topological polar surface area (TPSA) is 45.3 Å². The average Bonchev–Trinajstić information content (AvgIpc) is 2.93. The summed E-state index contributed by atoms with van der Waals surface area (Å²) >= 11 is 3.47. The number of aromatic nitrogens is 1. The molecule has 1 aromatic heterocycles. The molecule has 0 saturated carbocycles. The first-order valence-electron chi connectivity index (χ1n) is 6.95. The Morgan fingerprint density at radius 1 is 1.43 bits per heavy atom. The highest BCUT2D eigenvalue weighted by molar-refractivity contribution is 9.10. The molecule has 21 heavy (non-hydrogen) atoms. The Hall–Kier alpha value is -1.59. The molecule has 1 fully saturated rings. The van der Waals surface area contributed by atoms with E-state index in [1.807, 2.05) is 42.2 Å². The molecule has 110 valence electrons. The van der Waals surface area contributed by atoms with E-state index in [1.54, 1.807) is 6.20 Å². The zero-order chi connectivity index (χ0) is 14.8. The molecular formula is C16H17BrN2O2. The molecule has 1 saturated heterocycles. The van der Waals surface area contributed by atoms with Gasteiger partial charge in [-0.2, -0.15) is 0 Å². The fraction of sp³-hybridized carbons (Fsp3) is 0.312. The van der Waals surface area contributed by atoms with Crippen molar-refractivity contribution >= 4 is 21.8 Å². The average molecular weight is 349 g/mol. The van der Waals surface area contributed by atoms with Crippen LogP contribution in [0.4, 0.5) is 0 Å². The number of nitrogens with zero attached hydrogens (tertiary/aromatic N) is 1. The number of rotatable bonds is 2. The number of aryl methyl sites for hydroxylation is 1. The monoisotopic (exact) mass is 348 g/mol. The molecule has 1 N–H and O–H groups in total. The molecule has 1 aliphatic heterocycles. The molecule has 0 bridgehead atoms. The first-order chi connectivity index (χ1) is 10.1. The summed E-state index contributed by atoms with van der Waals surface area (Å²) in [5, 5.41) is 0. The van der Waals surface area contributed by atoms with Crippen LogP contribution in [0, 0.1) is 6.92 Å². The van der Waals surface area contributed by atoms with Crippen molar-refractivity contribution in [1.82, 2.24) is 9.88 Å². The van der Waals surface area contributed by atoms with Gasteiger partial charge in [-0.3, -0.25) is 4.79 Å². The second-order valence-electron chi connectivity index (χ2n) is 5.18. The van der Waals surface area contributed by atoms with Crippen LogP contribution in [0.3, 0.4) is 0 Å². The Kier molecular flexibility index (Phi) is 4.12. The summed E-state index contributed by atoms with van der Waals surface area (Å²) in [4.78, 5) is 17.5. The number of amides is 1. The summed E-state index contributed by atoms with van der Waals surface area (Å²) in [5.41, 5.74) is 2.74. The quantitative estimate of drug-likeness (QED) is 0.904. The molecule has 5 heteroatoms. The number of hydrogen-bond acceptors (Lipinski definition) is 2. The lowest BCUT2D eigenvalue weighted by Crippen LogP contribution is -2.42. The van der Waals surface area contributed by atoms with E-state index in [4.69, 9.17) is 4.74 Å². The van der Waals surface area contributed by atoms with Crippen LogP contribution < -0.4 is 0 Å². The molecule has 1 atom stereocenters. The summed E-state index contributed by atoms with van der Waals surface area (Å²) in [6, 6.07) is 9.88. The number of benzene rings is 1. The molecule has 1 amide bonds. The molecule has 2 heterocycles. The lowest BCUT2D eigenvalue weighted by Gasteiger charge is -2.33. The minimum Gasteiger partial charge on any atom is -0.370 e. The van der Waals surface area contributed by atoms with Crippen molar-refractivity contribution in [2.75, 3.05) is 19.7 Å². The largest absolute Gasteiger partial charge is 0.370 e. The molecule has 3 rings (SSSR count). The van der Waals surface area contributed by atoms with Crippen LogP contribution in [0.15, 0.2) is 41.0 Å². The SMILES string of the molecule is Cc1[nH]ccc1C(=O)N1CCO[C@H](c2cccc(Br)c2)C1. The van der Waals surface area contributed by atoms with Gasteiger partial charge in [0.2, 0.25) is 0 Å². The maximum Gasteiger partial charge on any atom is 0.255 e. The van der Waals surface area contributed by atoms with Crippen molar-refractivity contribution in [2.24, 2.45) is 0 Å². The zero-order valence-corrected chi connectivity index (χ0v) is 13.4. The van der Waals surface area contributed by atoms with E-state index in [1.165, 1.54) is 0 Å². The van der Waals surface area contributed by atoms with Crippen molar-refractivity contribution in [3.63, 3.8) is 0 Å². The summed E-state index contributed by atoms with van der Waals surface area (Å²) < 4.78 is 6.85. The molecule has 0 radical (unpaired) electrons. The van der Waals surface area contributed by atoms with Crippen LogP contribution in [-0.2, 0) is 4.74 Å². The molecule has 1 aromatic carbocycles. The van der Waals surface area contributed by atoms with Crippen molar-refractivity contribution in [3.8, 4) is 0 Å². The second-order valence-corrected chi connectivity index (χ2v) is 6.10. The molecule has 4 nitrogen and oxygen atoms in total. The van der Waals surface area contributed by atoms with Gasteiger partial charge in [-0.15, -0.1) is 0 Å². The molecule has 1 aliphatic rings. The Balaban J connectivity index is 1.77. The second kappa shape index (κ2) is 6.03. The van der Waals surface area contributed by atoms with E-state index in [-0.39, 0.29) is 12.0 Å². The normalized spacial score (nSPS) is 18.8. The first-order valence-corrected chi connectivity index (χ1v) is 7.75. The summed E-state index contributed by atoms with van der Waals surface area (Å²) in [6.07, 6.45) is 1.73. The first kappa shape index (κ1) is 14.4. The van der Waals surface area contributed by atoms with Gasteiger partial charge in [-0.1, -0.05) is 28.1 Å². The number of carbonyl (C=O) groups is 1. The van der Waals surface area contributed by atoms with Crippen LogP contribution >= 0.6 is 15.9 Å². The summed E-state index contributed by atoms with van der Waals surface area (Å²) in [6.45, 7) is 3.69. The van der Waals surface area contributed by atoms with Crippen LogP contribution in [0.2, 0.25) is 0 Å². The minimum absolute atomic E-state index is 0.0667. The molecule has 2 aromatic rings. The van der Waals surface area contributed by atoms with Crippen LogP contribution in [0.5, 0.6) is 0 Å². The van der Waals surface area contributed by atoms with Crippen LogP contribution in [0.25, 0.3) is 0 Å². The lowest BCUT2D eigenvalue weighted by atomic mass is 10.1. The minimum atomic E-state index is -0.0700. The molecule has 0 spiro atoms. The number of nitrogens with one attached hydrogen (secondary N) is 1. The van der Waals surface area contributed by atoms with Gasteiger partial charge in [-0.05, 0) is 30.7 Å². The van der Waals surface area contributed by atoms with Crippen molar-refractivity contribution in [1.29, 1.82) is 0 Å². The van der Waals surface area contributed by atoms with E-state index in [0.717, 1.165) is 21.3 Å². The highest BCUT2D eigenvalue weighted by atomic mass is 79.9. The third-order valence-corrected chi connectivity index (χ3v) is 4.25. The number of ether oxygens (including phenoxy) is 1. The number of hydrogen-bond donors (Lipinski definition) is 1. The lowest BCUT2D eigenvalue weighted by molar-refractivity contribution is -0.0228. The van der Waals surface area contributed by atoms with E-state index in [2.05, 4.69) is 20.9 Å². The number of H-pyrrole nitrogens is 1. The highest BCUT2D eigenvalue weighted by Gasteiger charge is 2.27. The third kappa shape index (κ3) is 3.04. The Bertz CT molecular complexity index is 653. The Labute approximate surface area is 132 Å². The number of halogens is 1. The molecule has 0 unspecified atom stereocenters. The maximum atomic E-state index is 12.6. The number of aromatic amines is 1. The maximum absolute atomic E-state index is 12.6. The summed E-state index contributed by atoms with van der Waals surface area (Å²) in [5.74, 6) is 0.0667. The van der Waals surface area contributed by atoms with Gasteiger partial charge in [0, 0.05) is 22.9 Å². The molecular weight excluding hydrogens is 332 g/mol. The Morgan fingerprint density at radius 3 is 3.00 bits per heavy atom. The predicted octanol–water partition coefficient (Wildman–Crippen LogP) is 3.30. The van der Waals surface area contributed by atoms with E-state index in [9.17, 15) is 4.79 Å². The number of morpholine rings is 1. The van der Waals surface area contributed by atoms with E-state index >= 15 is 0 Å². The van der Waals surface area contributed by atoms with Crippen molar-refractivity contribution in [2.45, 2.75) is 13.0 Å². The standard InChI is InChI=1S/C16H17BrN2O2/c1-11-14(5-6-18-11)16(20)19-7-8-21-15(10-19)12-3-2-4-13(17)9-12/h2-6,9,15,18H,7-8,10H2,1H3/t15-/m0/s1. The van der Waals surface area contributed by atoms with Gasteiger partial charge in [0.25, 0.3) is 5.91 Å². The highest BCUT2D eigenvalue weighted by Crippen LogP contribution is 2.25. The van der Waals surface area contributed by atoms with Gasteiger partial charge >= 0.3 is 0 Å². The van der Waals surface area contributed by atoms with E-state index < -0.39 is 0 Å². The van der Waals surface area contributed by atoms with Gasteiger partial charge in [0.05, 0.1) is 18.7 Å². The fourth-order valence-electron chi connectivity index (χ4n) is 2.60. The van der Waals surface area contributed by atoms with Gasteiger partial charge in [0.1, 0.15) is 6.10 Å². The van der Waals surface area contributed by atoms with Gasteiger partial charge in [-0.25, -0.2) is 0 Å². The summed E-state index contributed by atoms with van der Waals surface area (Å²) in [7, 11) is 0. The zero-order valence-electron chi connectivity index (χ0n) is 11.8. The van der Waals surface area contributed by atoms with Crippen LogP contribution in [-0.4, -0.2) is 35.5 Å². The van der Waals surface area contributed by atoms with Crippen molar-refractivity contribution in [3.05, 3.63) is 57.8 Å². The van der Waals surface area contributed by atoms with E-state index in [0.29, 0.717) is 19.7 Å². The Morgan fingerprint density at radius 2 is 2.29 bits per heavy atom. The number of carbonyl (C=O) groups excluding carboxylic acids is 1. The fourth-order valence-corrected chi connectivity index (χ4v) is 3.01. The van der Waals surface area contributed by atoms with Crippen LogP contribution in [0.1, 0.15) is 27.7 Å². The van der Waals surface area contributed by atoms with Gasteiger partial charge < -0.3 is 14.6 Å². The molecule has 0 aliphatic carbocycles. The predicted molar refractivity (Wildman–Crippen MR) is 84.3 cm³/mol.